The van der Waals surface area contributed by atoms with Crippen LogP contribution in [0.15, 0.2) is 29.2 Å². The summed E-state index contributed by atoms with van der Waals surface area (Å²) < 4.78 is 94.9. The monoisotopic (exact) mass is 585 g/mol. The average Bonchev–Trinajstić information content (AvgIpc) is 3.36. The molecule has 3 fully saturated rings. The van der Waals surface area contributed by atoms with Crippen LogP contribution in [0.5, 0.6) is 0 Å². The lowest BCUT2D eigenvalue weighted by atomic mass is 10.1. The van der Waals surface area contributed by atoms with Gasteiger partial charge in [0.05, 0.1) is 33.5 Å². The number of benzene rings is 1. The van der Waals surface area contributed by atoms with Gasteiger partial charge in [0, 0.05) is 32.2 Å². The van der Waals surface area contributed by atoms with Crippen molar-refractivity contribution in [3.63, 3.8) is 0 Å². The number of amides is 1. The Hall–Kier alpha value is -3.38. The van der Waals surface area contributed by atoms with Crippen LogP contribution in [0.3, 0.4) is 0 Å². The van der Waals surface area contributed by atoms with Gasteiger partial charge in [-0.05, 0) is 50.8 Å². The van der Waals surface area contributed by atoms with E-state index in [1.165, 1.54) is 4.90 Å². The second kappa shape index (κ2) is 10.2. The number of aryl methyl sites for hydroxylation is 1. The van der Waals surface area contributed by atoms with Crippen LogP contribution in [0.25, 0.3) is 0 Å². The molecule has 1 aromatic carbocycles. The van der Waals surface area contributed by atoms with Gasteiger partial charge in [-0.25, -0.2) is 22.3 Å². The lowest BCUT2D eigenvalue weighted by Crippen LogP contribution is -2.42. The molecule has 2 aromatic rings. The maximum Gasteiger partial charge on any atom is 0.417 e. The van der Waals surface area contributed by atoms with Crippen LogP contribution in [0.4, 0.5) is 28.2 Å². The molecule has 15 heteroatoms. The number of hydrogen-bond acceptors (Lipinski definition) is 8. The van der Waals surface area contributed by atoms with E-state index in [0.29, 0.717) is 62.5 Å². The van der Waals surface area contributed by atoms with E-state index in [0.717, 1.165) is 0 Å². The van der Waals surface area contributed by atoms with Crippen molar-refractivity contribution < 1.29 is 40.2 Å². The molecule has 0 spiro atoms. The number of alkyl halides is 3. The minimum Gasteiger partial charge on any atom is -0.425 e. The molecule has 0 bridgehead atoms. The van der Waals surface area contributed by atoms with Crippen molar-refractivity contribution in [1.29, 1.82) is 5.26 Å². The third-order valence-electron chi connectivity index (χ3n) is 7.42. The summed E-state index contributed by atoms with van der Waals surface area (Å²) in [5, 5.41) is 14.9. The summed E-state index contributed by atoms with van der Waals surface area (Å²) in [5.74, 6) is -0.781. The molecule has 1 N–H and O–H groups in total. The first-order chi connectivity index (χ1) is 18.8. The van der Waals surface area contributed by atoms with Crippen LogP contribution in [0.1, 0.15) is 49.4 Å². The molecule has 5 rings (SSSR count). The van der Waals surface area contributed by atoms with Crippen LogP contribution in [0, 0.1) is 24.1 Å². The highest BCUT2D eigenvalue weighted by Gasteiger charge is 2.49. The fourth-order valence-corrected chi connectivity index (χ4v) is 7.02. The molecule has 1 saturated carbocycles. The van der Waals surface area contributed by atoms with Crippen molar-refractivity contribution in [3.05, 3.63) is 41.3 Å². The van der Waals surface area contributed by atoms with E-state index in [2.05, 4.69) is 10.4 Å². The van der Waals surface area contributed by atoms with Crippen molar-refractivity contribution >= 4 is 21.7 Å². The number of ether oxygens (including phenoxy) is 2. The van der Waals surface area contributed by atoms with Crippen molar-refractivity contribution in [1.82, 2.24) is 15.1 Å². The SMILES string of the molecule is Cc1cc(N2C[C@H](S(=O)(=O)c3ccc(F)cc3C(F)(F)F)C[C@@H]2OC(=O)NC2(C#N)CC2)n(C2CCOCC2)n1. The Morgan fingerprint density at radius 3 is 2.58 bits per heavy atom. The van der Waals surface area contributed by atoms with Crippen LogP contribution in [-0.4, -0.2) is 61.1 Å². The maximum absolute atomic E-state index is 13.7. The quantitative estimate of drug-likeness (QED) is 0.400. The summed E-state index contributed by atoms with van der Waals surface area (Å²) in [6.07, 6.45) is -5.49. The van der Waals surface area contributed by atoms with Crippen LogP contribution in [0.2, 0.25) is 0 Å². The van der Waals surface area contributed by atoms with E-state index in [9.17, 15) is 36.0 Å². The zero-order valence-corrected chi connectivity index (χ0v) is 22.3. The van der Waals surface area contributed by atoms with Crippen molar-refractivity contribution in [2.24, 2.45) is 0 Å². The van der Waals surface area contributed by atoms with Gasteiger partial charge in [0.15, 0.2) is 16.1 Å². The van der Waals surface area contributed by atoms with Gasteiger partial charge in [-0.3, -0.25) is 0 Å². The lowest BCUT2D eigenvalue weighted by Gasteiger charge is -2.30. The first-order valence-electron chi connectivity index (χ1n) is 12.7. The normalized spacial score (nSPS) is 23.1. The highest BCUT2D eigenvalue weighted by molar-refractivity contribution is 7.92. The number of nitrogens with zero attached hydrogens (tertiary/aromatic N) is 4. The van der Waals surface area contributed by atoms with E-state index in [4.69, 9.17) is 9.47 Å². The number of anilines is 1. The van der Waals surface area contributed by atoms with Crippen molar-refractivity contribution in [2.75, 3.05) is 24.7 Å². The molecular weight excluding hydrogens is 558 g/mol. The molecule has 216 valence electrons. The molecule has 0 radical (unpaired) electrons. The van der Waals surface area contributed by atoms with Gasteiger partial charge in [-0.15, -0.1) is 0 Å². The van der Waals surface area contributed by atoms with E-state index < -0.39 is 55.4 Å². The number of sulfone groups is 1. The first-order valence-corrected chi connectivity index (χ1v) is 14.3. The molecule has 3 aliphatic rings. The highest BCUT2D eigenvalue weighted by Crippen LogP contribution is 2.40. The van der Waals surface area contributed by atoms with E-state index in [1.807, 2.05) is 6.07 Å². The standard InChI is InChI=1S/C25H27F4N5O5S/c1-15-10-21(34(32-15)17-4-8-38-9-5-17)33-13-18(12-22(33)39-23(35)31-24(14-30)6-7-24)40(36,37)20-3-2-16(26)11-19(20)25(27,28)29/h2-3,10-11,17-18,22H,4-9,12-13H2,1H3,(H,31,35)/t18-,22+/m1/s1. The number of nitrogens with one attached hydrogen (secondary N) is 1. The van der Waals surface area contributed by atoms with Gasteiger partial charge in [-0.2, -0.15) is 23.5 Å². The first kappa shape index (κ1) is 28.2. The summed E-state index contributed by atoms with van der Waals surface area (Å²) in [6, 6.07) is 5.03. The second-order valence-electron chi connectivity index (χ2n) is 10.3. The number of carbonyl (C=O) groups excluding carboxylic acids is 1. The average molecular weight is 586 g/mol. The topological polar surface area (TPSA) is 127 Å². The Labute approximate surface area is 227 Å². The van der Waals surface area contributed by atoms with Crippen molar-refractivity contribution in [2.45, 2.75) is 73.2 Å². The molecule has 10 nitrogen and oxygen atoms in total. The molecule has 1 amide bonds. The summed E-state index contributed by atoms with van der Waals surface area (Å²) in [5.41, 5.74) is -2.05. The minimum absolute atomic E-state index is 0.0927. The zero-order chi connectivity index (χ0) is 28.9. The maximum atomic E-state index is 13.7. The van der Waals surface area contributed by atoms with Gasteiger partial charge >= 0.3 is 12.3 Å². The van der Waals surface area contributed by atoms with Gasteiger partial charge < -0.3 is 19.7 Å². The predicted octanol–water partition coefficient (Wildman–Crippen LogP) is 3.86. The second-order valence-corrected chi connectivity index (χ2v) is 12.5. The molecule has 3 heterocycles. The molecular formula is C25H27F4N5O5S. The fourth-order valence-electron chi connectivity index (χ4n) is 5.15. The van der Waals surface area contributed by atoms with Gasteiger partial charge in [0.1, 0.15) is 17.2 Å². The summed E-state index contributed by atoms with van der Waals surface area (Å²) in [6.45, 7) is 2.41. The van der Waals surface area contributed by atoms with Crippen LogP contribution >= 0.6 is 0 Å². The molecule has 1 aliphatic carbocycles. The Morgan fingerprint density at radius 2 is 1.95 bits per heavy atom. The van der Waals surface area contributed by atoms with E-state index in [-0.39, 0.29) is 25.1 Å². The largest absolute Gasteiger partial charge is 0.425 e. The Kier molecular flexibility index (Phi) is 7.20. The molecule has 1 aromatic heterocycles. The number of rotatable bonds is 6. The zero-order valence-electron chi connectivity index (χ0n) is 21.4. The summed E-state index contributed by atoms with van der Waals surface area (Å²) >= 11 is 0. The number of carbonyl (C=O) groups is 1. The number of nitriles is 1. The molecule has 2 atom stereocenters. The Bertz CT molecular complexity index is 1440. The van der Waals surface area contributed by atoms with E-state index >= 15 is 0 Å². The van der Waals surface area contributed by atoms with Crippen molar-refractivity contribution in [3.8, 4) is 6.07 Å². The predicted molar refractivity (Wildman–Crippen MR) is 131 cm³/mol. The number of alkyl carbamates (subject to hydrolysis) is 1. The minimum atomic E-state index is -5.12. The summed E-state index contributed by atoms with van der Waals surface area (Å²) in [7, 11) is -4.68. The number of halogens is 4. The highest BCUT2D eigenvalue weighted by atomic mass is 32.2. The Morgan fingerprint density at radius 1 is 1.25 bits per heavy atom. The fraction of sp³-hybridized carbons (Fsp3) is 0.560. The molecule has 2 saturated heterocycles. The Balaban J connectivity index is 1.50. The van der Waals surface area contributed by atoms with E-state index in [1.54, 1.807) is 17.7 Å². The number of aromatic nitrogens is 2. The van der Waals surface area contributed by atoms with Crippen LogP contribution in [-0.2, 0) is 25.5 Å². The third-order valence-corrected chi connectivity index (χ3v) is 9.61. The number of hydrogen-bond donors (Lipinski definition) is 1. The lowest BCUT2D eigenvalue weighted by molar-refractivity contribution is -0.140. The van der Waals surface area contributed by atoms with Crippen LogP contribution < -0.4 is 10.2 Å². The molecule has 2 aliphatic heterocycles. The van der Waals surface area contributed by atoms with Gasteiger partial charge in [0.2, 0.25) is 0 Å². The molecule has 40 heavy (non-hydrogen) atoms. The molecule has 0 unspecified atom stereocenters. The summed E-state index contributed by atoms with van der Waals surface area (Å²) in [4.78, 5) is 13.2. The van der Waals surface area contributed by atoms with Gasteiger partial charge in [-0.1, -0.05) is 0 Å². The third kappa shape index (κ3) is 5.46. The smallest absolute Gasteiger partial charge is 0.417 e. The van der Waals surface area contributed by atoms with Gasteiger partial charge in [0.25, 0.3) is 0 Å².